The van der Waals surface area contributed by atoms with Crippen LogP contribution < -0.4 is 4.90 Å². The number of carbonyl (C=O) groups excluding carboxylic acids is 1. The number of morpholine rings is 1. The number of fused-ring (bicyclic) bond motifs is 1. The molecule has 0 radical (unpaired) electrons. The van der Waals surface area contributed by atoms with Gasteiger partial charge < -0.3 is 14.5 Å². The van der Waals surface area contributed by atoms with Gasteiger partial charge in [0.05, 0.1) is 24.7 Å². The van der Waals surface area contributed by atoms with Crippen LogP contribution in [0.3, 0.4) is 0 Å². The predicted octanol–water partition coefficient (Wildman–Crippen LogP) is 1.82. The molecule has 0 bridgehead atoms. The maximum absolute atomic E-state index is 13.0. The Bertz CT molecular complexity index is 832. The quantitative estimate of drug-likeness (QED) is 0.792. The highest BCUT2D eigenvalue weighted by molar-refractivity contribution is 5.79. The van der Waals surface area contributed by atoms with E-state index in [9.17, 15) is 18.0 Å². The zero-order valence-corrected chi connectivity index (χ0v) is 14.7. The van der Waals surface area contributed by atoms with Crippen LogP contribution in [0.2, 0.25) is 0 Å². The molecular formula is C17H20F3N5O2. The Kier molecular flexibility index (Phi) is 4.67. The summed E-state index contributed by atoms with van der Waals surface area (Å²) >= 11 is 0. The van der Waals surface area contributed by atoms with Crippen LogP contribution >= 0.6 is 0 Å². The summed E-state index contributed by atoms with van der Waals surface area (Å²) in [5, 5.41) is 8.04. The summed E-state index contributed by atoms with van der Waals surface area (Å²) < 4.78 is 45.8. The summed E-state index contributed by atoms with van der Waals surface area (Å²) in [5.74, 6) is 0.221. The lowest BCUT2D eigenvalue weighted by Gasteiger charge is -2.36. The van der Waals surface area contributed by atoms with Gasteiger partial charge in [0.2, 0.25) is 11.9 Å². The Morgan fingerprint density at radius 3 is 2.67 bits per heavy atom. The van der Waals surface area contributed by atoms with Crippen molar-refractivity contribution in [2.45, 2.75) is 19.0 Å². The average Bonchev–Trinajstić information content (AvgIpc) is 3.11. The molecule has 1 atom stereocenters. The second-order valence-electron chi connectivity index (χ2n) is 6.87. The van der Waals surface area contributed by atoms with Crippen LogP contribution in [0.15, 0.2) is 18.3 Å². The van der Waals surface area contributed by atoms with Gasteiger partial charge in [-0.15, -0.1) is 10.2 Å². The van der Waals surface area contributed by atoms with E-state index in [0.29, 0.717) is 51.0 Å². The SMILES string of the molecule is O=C([C@H]1CCCN(c2nnc3ccc(C(F)(F)F)cn23)C1)N1CCOCC1. The van der Waals surface area contributed by atoms with Crippen molar-refractivity contribution in [1.82, 2.24) is 19.5 Å². The van der Waals surface area contributed by atoms with Gasteiger partial charge in [-0.25, -0.2) is 0 Å². The lowest BCUT2D eigenvalue weighted by molar-refractivity contribution is -0.140. The van der Waals surface area contributed by atoms with E-state index < -0.39 is 11.7 Å². The number of rotatable bonds is 2. The Morgan fingerprint density at radius 2 is 1.93 bits per heavy atom. The molecule has 1 amide bonds. The van der Waals surface area contributed by atoms with Crippen molar-refractivity contribution in [3.8, 4) is 0 Å². The van der Waals surface area contributed by atoms with E-state index >= 15 is 0 Å². The highest BCUT2D eigenvalue weighted by Gasteiger charge is 2.33. The average molecular weight is 383 g/mol. The van der Waals surface area contributed by atoms with E-state index in [-0.39, 0.29) is 11.8 Å². The van der Waals surface area contributed by atoms with Gasteiger partial charge >= 0.3 is 6.18 Å². The number of hydrogen-bond donors (Lipinski definition) is 0. The van der Waals surface area contributed by atoms with Crippen molar-refractivity contribution in [1.29, 1.82) is 0 Å². The van der Waals surface area contributed by atoms with E-state index in [1.165, 1.54) is 10.5 Å². The second-order valence-corrected chi connectivity index (χ2v) is 6.87. The van der Waals surface area contributed by atoms with Crippen LogP contribution in [0.25, 0.3) is 5.65 Å². The summed E-state index contributed by atoms with van der Waals surface area (Å²) in [6.07, 6.45) is -1.89. The maximum Gasteiger partial charge on any atom is 0.417 e. The number of nitrogens with zero attached hydrogens (tertiary/aromatic N) is 5. The smallest absolute Gasteiger partial charge is 0.378 e. The van der Waals surface area contributed by atoms with E-state index in [4.69, 9.17) is 4.74 Å². The molecule has 2 aromatic heterocycles. The van der Waals surface area contributed by atoms with Gasteiger partial charge in [0.25, 0.3) is 0 Å². The number of pyridine rings is 1. The first-order valence-corrected chi connectivity index (χ1v) is 8.97. The number of carbonyl (C=O) groups is 1. The van der Waals surface area contributed by atoms with Gasteiger partial charge in [0, 0.05) is 32.4 Å². The van der Waals surface area contributed by atoms with E-state index in [1.54, 1.807) is 4.90 Å². The monoisotopic (exact) mass is 383 g/mol. The van der Waals surface area contributed by atoms with Crippen molar-refractivity contribution >= 4 is 17.5 Å². The summed E-state index contributed by atoms with van der Waals surface area (Å²) in [5.41, 5.74) is -0.409. The number of halogens is 3. The van der Waals surface area contributed by atoms with Crippen molar-refractivity contribution in [2.75, 3.05) is 44.3 Å². The van der Waals surface area contributed by atoms with Crippen LogP contribution in [-0.4, -0.2) is 64.8 Å². The van der Waals surface area contributed by atoms with Gasteiger partial charge in [-0.05, 0) is 25.0 Å². The van der Waals surface area contributed by atoms with Crippen molar-refractivity contribution in [3.63, 3.8) is 0 Å². The van der Waals surface area contributed by atoms with Gasteiger partial charge in [-0.1, -0.05) is 0 Å². The molecule has 2 saturated heterocycles. The number of alkyl halides is 3. The number of anilines is 1. The molecule has 2 aliphatic heterocycles. The highest BCUT2D eigenvalue weighted by atomic mass is 19.4. The third-order valence-electron chi connectivity index (χ3n) is 5.09. The van der Waals surface area contributed by atoms with Crippen molar-refractivity contribution < 1.29 is 22.7 Å². The zero-order valence-electron chi connectivity index (χ0n) is 14.7. The highest BCUT2D eigenvalue weighted by Crippen LogP contribution is 2.31. The summed E-state index contributed by atoms with van der Waals surface area (Å²) in [6.45, 7) is 3.29. The minimum Gasteiger partial charge on any atom is -0.378 e. The maximum atomic E-state index is 13.0. The van der Waals surface area contributed by atoms with Crippen LogP contribution in [0, 0.1) is 5.92 Å². The fourth-order valence-electron chi connectivity index (χ4n) is 3.66. The first-order chi connectivity index (χ1) is 12.9. The second kappa shape index (κ2) is 6.99. The Hall–Kier alpha value is -2.36. The van der Waals surface area contributed by atoms with E-state index in [0.717, 1.165) is 25.1 Å². The fourth-order valence-corrected chi connectivity index (χ4v) is 3.66. The number of amides is 1. The van der Waals surface area contributed by atoms with Gasteiger partial charge in [0.15, 0.2) is 5.65 Å². The zero-order chi connectivity index (χ0) is 19.0. The first-order valence-electron chi connectivity index (χ1n) is 8.97. The van der Waals surface area contributed by atoms with E-state index in [1.807, 2.05) is 4.90 Å². The molecule has 2 aromatic rings. The van der Waals surface area contributed by atoms with Gasteiger partial charge in [-0.3, -0.25) is 9.20 Å². The molecule has 0 saturated carbocycles. The van der Waals surface area contributed by atoms with E-state index in [2.05, 4.69) is 10.2 Å². The van der Waals surface area contributed by atoms with Crippen LogP contribution in [0.5, 0.6) is 0 Å². The van der Waals surface area contributed by atoms with Crippen molar-refractivity contribution in [2.24, 2.45) is 5.92 Å². The molecule has 2 fully saturated rings. The molecule has 0 aliphatic carbocycles. The largest absolute Gasteiger partial charge is 0.417 e. The Balaban J connectivity index is 1.56. The predicted molar refractivity (Wildman–Crippen MR) is 90.3 cm³/mol. The molecular weight excluding hydrogens is 363 g/mol. The molecule has 0 unspecified atom stereocenters. The molecule has 0 N–H and O–H groups in total. The molecule has 2 aliphatic rings. The van der Waals surface area contributed by atoms with Crippen LogP contribution in [0.1, 0.15) is 18.4 Å². The molecule has 4 heterocycles. The van der Waals surface area contributed by atoms with Crippen LogP contribution in [0.4, 0.5) is 19.1 Å². The lowest BCUT2D eigenvalue weighted by atomic mass is 9.96. The fraction of sp³-hybridized carbons (Fsp3) is 0.588. The molecule has 27 heavy (non-hydrogen) atoms. The number of aromatic nitrogens is 3. The minimum atomic E-state index is -4.44. The molecule has 7 nitrogen and oxygen atoms in total. The normalized spacial score (nSPS) is 21.7. The molecule has 4 rings (SSSR count). The lowest BCUT2D eigenvalue weighted by Crippen LogP contribution is -2.48. The molecule has 10 heteroatoms. The molecule has 0 aromatic carbocycles. The third-order valence-corrected chi connectivity index (χ3v) is 5.09. The Morgan fingerprint density at radius 1 is 1.15 bits per heavy atom. The molecule has 0 spiro atoms. The van der Waals surface area contributed by atoms with Crippen molar-refractivity contribution in [3.05, 3.63) is 23.9 Å². The standard InChI is InChI=1S/C17H20F3N5O2/c18-17(19,20)13-3-4-14-21-22-16(25(14)11-13)24-5-1-2-12(10-24)15(26)23-6-8-27-9-7-23/h3-4,11-12H,1-2,5-10H2/t12-/m0/s1. The first kappa shape index (κ1) is 18.0. The Labute approximate surface area is 153 Å². The topological polar surface area (TPSA) is 63.0 Å². The number of ether oxygens (including phenoxy) is 1. The summed E-state index contributed by atoms with van der Waals surface area (Å²) in [4.78, 5) is 16.4. The van der Waals surface area contributed by atoms with Gasteiger partial charge in [-0.2, -0.15) is 13.2 Å². The third kappa shape index (κ3) is 3.58. The summed E-state index contributed by atoms with van der Waals surface area (Å²) in [7, 11) is 0. The van der Waals surface area contributed by atoms with Gasteiger partial charge in [0.1, 0.15) is 0 Å². The van der Waals surface area contributed by atoms with Crippen LogP contribution in [-0.2, 0) is 15.7 Å². The number of hydrogen-bond acceptors (Lipinski definition) is 5. The molecule has 146 valence electrons. The minimum absolute atomic E-state index is 0.0767. The number of piperidine rings is 1. The summed E-state index contributed by atoms with van der Waals surface area (Å²) in [6, 6.07) is 2.30.